The predicted octanol–water partition coefficient (Wildman–Crippen LogP) is 3.39. The van der Waals surface area contributed by atoms with Gasteiger partial charge in [0.05, 0.1) is 11.1 Å². The van der Waals surface area contributed by atoms with Crippen molar-refractivity contribution < 1.29 is 19.4 Å². The number of esters is 1. The molecular formula is C19H18N2O4S. The van der Waals surface area contributed by atoms with Gasteiger partial charge in [0.1, 0.15) is 16.8 Å². The van der Waals surface area contributed by atoms with E-state index in [0.717, 1.165) is 42.5 Å². The molecule has 0 bridgehead atoms. The lowest BCUT2D eigenvalue weighted by molar-refractivity contribution is -0.119. The summed E-state index contributed by atoms with van der Waals surface area (Å²) in [5, 5.41) is 21.9. The first-order valence-electron chi connectivity index (χ1n) is 8.39. The van der Waals surface area contributed by atoms with Crippen molar-refractivity contribution in [2.45, 2.75) is 32.1 Å². The van der Waals surface area contributed by atoms with Gasteiger partial charge in [0.2, 0.25) is 0 Å². The van der Waals surface area contributed by atoms with Crippen molar-refractivity contribution in [3.8, 4) is 11.8 Å². The maximum absolute atomic E-state index is 12.1. The number of nitrogens with one attached hydrogen (secondary N) is 1. The molecule has 0 fully saturated rings. The van der Waals surface area contributed by atoms with Gasteiger partial charge in [-0.05, 0) is 55.5 Å². The largest absolute Gasteiger partial charge is 0.508 e. The molecule has 0 atom stereocenters. The van der Waals surface area contributed by atoms with Gasteiger partial charge in [0, 0.05) is 4.88 Å². The second-order valence-corrected chi connectivity index (χ2v) is 7.16. The Morgan fingerprint density at radius 1 is 1.19 bits per heavy atom. The molecule has 2 aromatic rings. The topological polar surface area (TPSA) is 99.4 Å². The third-order valence-corrected chi connectivity index (χ3v) is 5.43. The van der Waals surface area contributed by atoms with Gasteiger partial charge in [0.25, 0.3) is 5.91 Å². The number of fused-ring (bicyclic) bond motifs is 1. The highest BCUT2D eigenvalue weighted by Crippen LogP contribution is 2.36. The molecule has 0 unspecified atom stereocenters. The summed E-state index contributed by atoms with van der Waals surface area (Å²) in [4.78, 5) is 25.2. The van der Waals surface area contributed by atoms with Crippen molar-refractivity contribution >= 4 is 28.2 Å². The maximum atomic E-state index is 12.1. The van der Waals surface area contributed by atoms with E-state index in [9.17, 15) is 20.0 Å². The number of nitrogens with zero attached hydrogens (tertiary/aromatic N) is 1. The zero-order valence-corrected chi connectivity index (χ0v) is 14.9. The molecule has 1 amide bonds. The molecule has 1 aliphatic carbocycles. The van der Waals surface area contributed by atoms with E-state index in [1.54, 1.807) is 0 Å². The van der Waals surface area contributed by atoms with Gasteiger partial charge in [-0.2, -0.15) is 5.26 Å². The SMILES string of the molecule is N#Cc1c(NC(=O)COC(=O)c2ccc(O)cc2)sc2c1CCCCC2. The van der Waals surface area contributed by atoms with Gasteiger partial charge >= 0.3 is 5.97 Å². The fraction of sp³-hybridized carbons (Fsp3) is 0.316. The lowest BCUT2D eigenvalue weighted by Gasteiger charge is -2.06. The van der Waals surface area contributed by atoms with Crippen LogP contribution in [0.3, 0.4) is 0 Å². The van der Waals surface area contributed by atoms with Crippen molar-refractivity contribution in [2.24, 2.45) is 0 Å². The minimum atomic E-state index is -0.650. The fourth-order valence-electron chi connectivity index (χ4n) is 2.92. The second kappa shape index (κ2) is 8.02. The van der Waals surface area contributed by atoms with Gasteiger partial charge in [-0.3, -0.25) is 4.79 Å². The lowest BCUT2D eigenvalue weighted by atomic mass is 10.1. The van der Waals surface area contributed by atoms with Crippen LogP contribution in [0.2, 0.25) is 0 Å². The fourth-order valence-corrected chi connectivity index (χ4v) is 4.18. The summed E-state index contributed by atoms with van der Waals surface area (Å²) >= 11 is 1.44. The Labute approximate surface area is 155 Å². The standard InChI is InChI=1S/C19H18N2O4S/c20-10-15-14-4-2-1-3-5-16(14)26-18(15)21-17(23)11-25-19(24)12-6-8-13(22)9-7-12/h6-9,22H,1-5,11H2,(H,21,23). The number of hydrogen-bond donors (Lipinski definition) is 2. The number of thiophene rings is 1. The van der Waals surface area contributed by atoms with Crippen molar-refractivity contribution in [1.29, 1.82) is 5.26 Å². The summed E-state index contributed by atoms with van der Waals surface area (Å²) in [6.45, 7) is -0.437. The number of phenols is 1. The highest BCUT2D eigenvalue weighted by Gasteiger charge is 2.21. The molecule has 2 N–H and O–H groups in total. The van der Waals surface area contributed by atoms with Gasteiger partial charge in [0.15, 0.2) is 6.61 Å². The summed E-state index contributed by atoms with van der Waals surface area (Å²) < 4.78 is 4.99. The molecule has 134 valence electrons. The van der Waals surface area contributed by atoms with Crippen molar-refractivity contribution in [1.82, 2.24) is 0 Å². The van der Waals surface area contributed by atoms with E-state index in [1.807, 2.05) is 0 Å². The van der Waals surface area contributed by atoms with Crippen LogP contribution in [0.5, 0.6) is 5.75 Å². The first-order valence-corrected chi connectivity index (χ1v) is 9.21. The number of ether oxygens (including phenoxy) is 1. The Bertz CT molecular complexity index is 865. The van der Waals surface area contributed by atoms with Crippen LogP contribution in [-0.2, 0) is 22.4 Å². The number of hydrogen-bond acceptors (Lipinski definition) is 6. The first-order chi connectivity index (χ1) is 12.6. The molecule has 0 aliphatic heterocycles. The zero-order chi connectivity index (χ0) is 18.5. The number of rotatable bonds is 4. The van der Waals surface area contributed by atoms with Crippen LogP contribution in [0, 0.1) is 11.3 Å². The van der Waals surface area contributed by atoms with Crippen LogP contribution in [0.25, 0.3) is 0 Å². The van der Waals surface area contributed by atoms with E-state index in [0.29, 0.717) is 10.6 Å². The van der Waals surface area contributed by atoms with Crippen molar-refractivity contribution in [2.75, 3.05) is 11.9 Å². The number of carbonyl (C=O) groups is 2. The molecular weight excluding hydrogens is 352 g/mol. The molecule has 6 nitrogen and oxygen atoms in total. The second-order valence-electron chi connectivity index (χ2n) is 6.05. The number of aryl methyl sites for hydroxylation is 1. The Kier molecular flexibility index (Phi) is 5.54. The number of carbonyl (C=O) groups excluding carboxylic acids is 2. The Hall–Kier alpha value is -2.85. The molecule has 0 saturated heterocycles. The van der Waals surface area contributed by atoms with Crippen LogP contribution in [-0.4, -0.2) is 23.6 Å². The molecule has 0 radical (unpaired) electrons. The summed E-state index contributed by atoms with van der Waals surface area (Å²) in [5.41, 5.74) is 1.83. The quantitative estimate of drug-likeness (QED) is 0.635. The highest BCUT2D eigenvalue weighted by molar-refractivity contribution is 7.16. The Morgan fingerprint density at radius 3 is 2.65 bits per heavy atom. The van der Waals surface area contributed by atoms with E-state index in [4.69, 9.17) is 4.74 Å². The summed E-state index contributed by atoms with van der Waals surface area (Å²) in [7, 11) is 0. The third kappa shape index (κ3) is 4.03. The average Bonchev–Trinajstić information content (AvgIpc) is 2.79. The van der Waals surface area contributed by atoms with Crippen LogP contribution in [0.1, 0.15) is 45.6 Å². The summed E-state index contributed by atoms with van der Waals surface area (Å²) in [6.07, 6.45) is 5.09. The normalized spacial score (nSPS) is 13.2. The molecule has 1 aromatic heterocycles. The van der Waals surface area contributed by atoms with E-state index in [1.165, 1.54) is 35.6 Å². The zero-order valence-electron chi connectivity index (χ0n) is 14.1. The average molecular weight is 370 g/mol. The van der Waals surface area contributed by atoms with Gasteiger partial charge in [-0.1, -0.05) is 6.42 Å². The summed E-state index contributed by atoms with van der Waals surface area (Å²) in [6, 6.07) is 7.77. The van der Waals surface area contributed by atoms with Crippen molar-refractivity contribution in [3.05, 3.63) is 45.8 Å². The molecule has 1 aliphatic rings. The number of phenolic OH excluding ortho intramolecular Hbond substituents is 1. The van der Waals surface area contributed by atoms with E-state index >= 15 is 0 Å². The molecule has 0 saturated carbocycles. The summed E-state index contributed by atoms with van der Waals surface area (Å²) in [5.74, 6) is -1.09. The predicted molar refractivity (Wildman–Crippen MR) is 97.3 cm³/mol. The van der Waals surface area contributed by atoms with Gasteiger partial charge in [-0.15, -0.1) is 11.3 Å². The van der Waals surface area contributed by atoms with Crippen LogP contribution >= 0.6 is 11.3 Å². The van der Waals surface area contributed by atoms with Crippen molar-refractivity contribution in [3.63, 3.8) is 0 Å². The first kappa shape index (κ1) is 18.0. The number of amides is 1. The monoisotopic (exact) mass is 370 g/mol. The van der Waals surface area contributed by atoms with Crippen LogP contribution in [0.15, 0.2) is 24.3 Å². The lowest BCUT2D eigenvalue weighted by Crippen LogP contribution is -2.20. The smallest absolute Gasteiger partial charge is 0.338 e. The molecule has 1 heterocycles. The number of aromatic hydroxyl groups is 1. The van der Waals surface area contributed by atoms with Crippen LogP contribution in [0.4, 0.5) is 5.00 Å². The number of benzene rings is 1. The number of anilines is 1. The molecule has 3 rings (SSSR count). The van der Waals surface area contributed by atoms with E-state index < -0.39 is 18.5 Å². The van der Waals surface area contributed by atoms with E-state index in [-0.39, 0.29) is 11.3 Å². The minimum Gasteiger partial charge on any atom is -0.508 e. The Morgan fingerprint density at radius 2 is 1.92 bits per heavy atom. The molecule has 1 aromatic carbocycles. The molecule has 26 heavy (non-hydrogen) atoms. The Balaban J connectivity index is 1.62. The van der Waals surface area contributed by atoms with Crippen LogP contribution < -0.4 is 5.32 Å². The van der Waals surface area contributed by atoms with E-state index in [2.05, 4.69) is 11.4 Å². The minimum absolute atomic E-state index is 0.0424. The maximum Gasteiger partial charge on any atom is 0.338 e. The third-order valence-electron chi connectivity index (χ3n) is 4.22. The molecule has 7 heteroatoms. The number of nitriles is 1. The van der Waals surface area contributed by atoms with Gasteiger partial charge < -0.3 is 15.2 Å². The molecule has 0 spiro atoms. The van der Waals surface area contributed by atoms with Gasteiger partial charge in [-0.25, -0.2) is 4.79 Å². The highest BCUT2D eigenvalue weighted by atomic mass is 32.1.